The van der Waals surface area contributed by atoms with E-state index in [1.165, 1.54) is 4.90 Å². The number of halogens is 3. The molecule has 10 heteroatoms. The number of alkyl halides is 3. The van der Waals surface area contributed by atoms with Gasteiger partial charge in [-0.25, -0.2) is 4.98 Å². The van der Waals surface area contributed by atoms with Gasteiger partial charge in [-0.05, 0) is 75.4 Å². The summed E-state index contributed by atoms with van der Waals surface area (Å²) in [4.78, 5) is 44.0. The van der Waals surface area contributed by atoms with Crippen LogP contribution in [0, 0.1) is 11.3 Å². The molecule has 1 aromatic heterocycles. The van der Waals surface area contributed by atoms with Crippen molar-refractivity contribution in [3.05, 3.63) is 48.2 Å². The fourth-order valence-corrected chi connectivity index (χ4v) is 5.99. The summed E-state index contributed by atoms with van der Waals surface area (Å²) in [6, 6.07) is 10.6. The molecule has 7 nitrogen and oxygen atoms in total. The van der Waals surface area contributed by atoms with Crippen LogP contribution in [0.25, 0.3) is 11.1 Å². The molecule has 0 bridgehead atoms. The van der Waals surface area contributed by atoms with Crippen molar-refractivity contribution in [3.63, 3.8) is 0 Å². The van der Waals surface area contributed by atoms with Gasteiger partial charge in [0, 0.05) is 36.4 Å². The highest BCUT2D eigenvalue weighted by Crippen LogP contribution is 2.53. The molecule has 1 unspecified atom stereocenters. The lowest BCUT2D eigenvalue weighted by Crippen LogP contribution is -2.53. The largest absolute Gasteiger partial charge is 0.477 e. The average Bonchev–Trinajstić information content (AvgIpc) is 3.23. The number of ketones is 1. The number of hydrogen-bond donors (Lipinski definition) is 0. The van der Waals surface area contributed by atoms with Crippen LogP contribution >= 0.6 is 0 Å². The first kappa shape index (κ1) is 28.3. The highest BCUT2D eigenvalue weighted by Gasteiger charge is 2.58. The van der Waals surface area contributed by atoms with E-state index in [1.807, 2.05) is 11.0 Å². The number of aldehydes is 1. The lowest BCUT2D eigenvalue weighted by atomic mass is 9.67. The van der Waals surface area contributed by atoms with Gasteiger partial charge in [0.05, 0.1) is 18.6 Å². The van der Waals surface area contributed by atoms with E-state index < -0.39 is 17.1 Å². The Labute approximate surface area is 231 Å². The molecule has 1 amide bonds. The minimum absolute atomic E-state index is 0.0300. The molecule has 3 heterocycles. The highest BCUT2D eigenvalue weighted by atomic mass is 19.4. The zero-order chi connectivity index (χ0) is 28.5. The van der Waals surface area contributed by atoms with Crippen molar-refractivity contribution < 1.29 is 32.3 Å². The van der Waals surface area contributed by atoms with Gasteiger partial charge in [-0.1, -0.05) is 18.6 Å². The van der Waals surface area contributed by atoms with Crippen molar-refractivity contribution in [1.29, 1.82) is 0 Å². The van der Waals surface area contributed by atoms with Crippen molar-refractivity contribution in [3.8, 4) is 17.0 Å². The van der Waals surface area contributed by atoms with Crippen LogP contribution in [0.2, 0.25) is 0 Å². The number of rotatable bonds is 8. The summed E-state index contributed by atoms with van der Waals surface area (Å²) >= 11 is 0. The van der Waals surface area contributed by atoms with Crippen LogP contribution < -0.4 is 4.74 Å². The smallest absolute Gasteiger partial charge is 0.395 e. The van der Waals surface area contributed by atoms with Gasteiger partial charge in [-0.15, -0.1) is 0 Å². The second kappa shape index (κ2) is 11.0. The van der Waals surface area contributed by atoms with Gasteiger partial charge in [-0.2, -0.15) is 13.2 Å². The predicted molar refractivity (Wildman–Crippen MR) is 142 cm³/mol. The van der Waals surface area contributed by atoms with Crippen LogP contribution in [-0.2, 0) is 9.59 Å². The molecule has 2 aromatic rings. The molecule has 1 aliphatic carbocycles. The maximum Gasteiger partial charge on any atom is 0.395 e. The van der Waals surface area contributed by atoms with Crippen LogP contribution in [0.15, 0.2) is 42.6 Å². The molecule has 1 atom stereocenters. The second-order valence-electron chi connectivity index (χ2n) is 11.7. The van der Waals surface area contributed by atoms with Crippen LogP contribution in [0.1, 0.15) is 55.8 Å². The highest BCUT2D eigenvalue weighted by molar-refractivity contribution is 6.03. The lowest BCUT2D eigenvalue weighted by Gasteiger charge is -2.47. The molecule has 5 rings (SSSR count). The average molecular weight is 558 g/mol. The first-order valence-corrected chi connectivity index (χ1v) is 13.8. The number of aromatic nitrogens is 1. The first-order valence-electron chi connectivity index (χ1n) is 13.8. The molecule has 1 aromatic carbocycles. The number of benzene rings is 1. The van der Waals surface area contributed by atoms with E-state index in [4.69, 9.17) is 4.74 Å². The third-order valence-corrected chi connectivity index (χ3v) is 8.82. The third-order valence-electron chi connectivity index (χ3n) is 8.82. The zero-order valence-corrected chi connectivity index (χ0v) is 22.6. The Morgan fingerprint density at radius 3 is 2.33 bits per heavy atom. The standard InChI is InChI=1S/C30H34F3N3O4/c1-28(20-37)15-25(38)17-36(28)27(39)23-5-3-22(4-6-23)24-7-8-26(34-16-24)40-18-21-9-13-35(14-10-21)19-29(11-2-12-29)30(31,32)33/h3-8,16,20-21H,2,9-15,17-19H2,1H3. The fraction of sp³-hybridized carbons (Fsp3) is 0.533. The van der Waals surface area contributed by atoms with Crippen LogP contribution in [0.4, 0.5) is 13.2 Å². The SMILES string of the molecule is CC1(C=O)CC(=O)CN1C(=O)c1ccc(-c2ccc(OCC3CCN(CC4(C(F)(F)F)CCC4)CC3)nc2)cc1. The number of carbonyl (C=O) groups excluding carboxylic acids is 3. The minimum atomic E-state index is -4.13. The molecular formula is C30H34F3N3O4. The summed E-state index contributed by atoms with van der Waals surface area (Å²) in [6.45, 7) is 3.41. The van der Waals surface area contributed by atoms with E-state index in [0.717, 1.165) is 24.0 Å². The van der Waals surface area contributed by atoms with Gasteiger partial charge >= 0.3 is 6.18 Å². The van der Waals surface area contributed by atoms with E-state index in [1.54, 1.807) is 43.5 Å². The monoisotopic (exact) mass is 557 g/mol. The van der Waals surface area contributed by atoms with E-state index in [-0.39, 0.29) is 50.0 Å². The van der Waals surface area contributed by atoms with Crippen molar-refractivity contribution in [2.75, 3.05) is 32.8 Å². The Kier molecular flexibility index (Phi) is 7.74. The zero-order valence-electron chi connectivity index (χ0n) is 22.6. The van der Waals surface area contributed by atoms with Crippen molar-refractivity contribution in [1.82, 2.24) is 14.8 Å². The number of piperidine rings is 1. The van der Waals surface area contributed by atoms with Gasteiger partial charge in [0.2, 0.25) is 5.88 Å². The van der Waals surface area contributed by atoms with Gasteiger partial charge in [0.1, 0.15) is 11.8 Å². The molecule has 2 saturated heterocycles. The van der Waals surface area contributed by atoms with Crippen molar-refractivity contribution >= 4 is 18.0 Å². The molecule has 0 spiro atoms. The molecule has 40 heavy (non-hydrogen) atoms. The Hall–Kier alpha value is -3.27. The fourth-order valence-electron chi connectivity index (χ4n) is 5.99. The Morgan fingerprint density at radius 2 is 1.77 bits per heavy atom. The molecule has 2 aliphatic heterocycles. The van der Waals surface area contributed by atoms with Crippen molar-refractivity contribution in [2.45, 2.75) is 57.2 Å². The van der Waals surface area contributed by atoms with Crippen LogP contribution in [-0.4, -0.2) is 77.3 Å². The summed E-state index contributed by atoms with van der Waals surface area (Å²) in [7, 11) is 0. The maximum absolute atomic E-state index is 13.5. The topological polar surface area (TPSA) is 79.8 Å². The van der Waals surface area contributed by atoms with Gasteiger partial charge in [-0.3, -0.25) is 9.59 Å². The van der Waals surface area contributed by atoms with Gasteiger partial charge in [0.15, 0.2) is 5.78 Å². The Bertz CT molecular complexity index is 1240. The van der Waals surface area contributed by atoms with Gasteiger partial charge in [0.25, 0.3) is 5.91 Å². The quantitative estimate of drug-likeness (QED) is 0.428. The maximum atomic E-state index is 13.5. The number of pyridine rings is 1. The van der Waals surface area contributed by atoms with Crippen molar-refractivity contribution in [2.24, 2.45) is 11.3 Å². The Balaban J connectivity index is 1.11. The molecule has 0 radical (unpaired) electrons. The van der Waals surface area contributed by atoms with Crippen LogP contribution in [0.5, 0.6) is 5.88 Å². The van der Waals surface area contributed by atoms with Crippen LogP contribution in [0.3, 0.4) is 0 Å². The number of amides is 1. The van der Waals surface area contributed by atoms with E-state index >= 15 is 0 Å². The minimum Gasteiger partial charge on any atom is -0.477 e. The van der Waals surface area contributed by atoms with E-state index in [0.29, 0.717) is 43.8 Å². The number of likely N-dealkylation sites (tertiary alicyclic amines) is 2. The summed E-state index contributed by atoms with van der Waals surface area (Å²) in [5.41, 5.74) is -0.545. The normalized spacial score (nSPS) is 23.6. The first-order chi connectivity index (χ1) is 19.0. The number of nitrogens with zero attached hydrogens (tertiary/aromatic N) is 3. The molecule has 214 valence electrons. The third kappa shape index (κ3) is 5.64. The van der Waals surface area contributed by atoms with E-state index in [9.17, 15) is 27.6 Å². The molecule has 3 fully saturated rings. The predicted octanol–water partition coefficient (Wildman–Crippen LogP) is 4.94. The summed E-state index contributed by atoms with van der Waals surface area (Å²) in [5, 5.41) is 0. The number of ether oxygens (including phenoxy) is 1. The summed E-state index contributed by atoms with van der Waals surface area (Å²) < 4.78 is 46.4. The Morgan fingerprint density at radius 1 is 1.10 bits per heavy atom. The molecular weight excluding hydrogens is 523 g/mol. The van der Waals surface area contributed by atoms with Gasteiger partial charge < -0.3 is 19.3 Å². The lowest BCUT2D eigenvalue weighted by molar-refractivity contribution is -0.256. The number of hydrogen-bond acceptors (Lipinski definition) is 6. The molecule has 0 N–H and O–H groups in total. The summed E-state index contributed by atoms with van der Waals surface area (Å²) in [6.07, 6.45) is 0.987. The van der Waals surface area contributed by atoms with E-state index in [2.05, 4.69) is 4.98 Å². The summed E-state index contributed by atoms with van der Waals surface area (Å²) in [5.74, 6) is 0.261. The number of carbonyl (C=O) groups is 3. The second-order valence-corrected chi connectivity index (χ2v) is 11.7. The number of Topliss-reactive ketones (excluding diaryl/α,β-unsaturated/α-hetero) is 1. The molecule has 3 aliphatic rings. The molecule has 1 saturated carbocycles.